The Hall–Kier alpha value is -4.09. The number of alkyl halides is 3. The van der Waals surface area contributed by atoms with Crippen molar-refractivity contribution in [3.8, 4) is 34.3 Å². The van der Waals surface area contributed by atoms with Crippen LogP contribution in [0, 0.1) is 17.2 Å². The molecule has 1 fully saturated rings. The number of hydrogen-bond donors (Lipinski definition) is 0. The van der Waals surface area contributed by atoms with E-state index in [1.165, 1.54) is 12.1 Å². The second-order valence-corrected chi connectivity index (χ2v) is 9.86. The Morgan fingerprint density at radius 2 is 1.79 bits per heavy atom. The molecule has 1 aliphatic heterocycles. The Morgan fingerprint density at radius 3 is 2.49 bits per heavy atom. The molecule has 0 bridgehead atoms. The Balaban J connectivity index is 1.55. The second kappa shape index (κ2) is 10.6. The molecule has 0 unspecified atom stereocenters. The normalized spacial score (nSPS) is 14.5. The minimum atomic E-state index is -4.69. The summed E-state index contributed by atoms with van der Waals surface area (Å²) in [4.78, 5) is 12.4. The molecular formula is C31H26F3NO4. The lowest BCUT2D eigenvalue weighted by Gasteiger charge is -2.23. The molecule has 1 saturated heterocycles. The molecule has 200 valence electrons. The van der Waals surface area contributed by atoms with Gasteiger partial charge in [-0.15, -0.1) is 0 Å². The van der Waals surface area contributed by atoms with Crippen LogP contribution >= 0.6 is 0 Å². The van der Waals surface area contributed by atoms with Gasteiger partial charge in [0.2, 0.25) is 0 Å². The van der Waals surface area contributed by atoms with Crippen molar-refractivity contribution < 1.29 is 31.9 Å². The summed E-state index contributed by atoms with van der Waals surface area (Å²) < 4.78 is 59.6. The first-order valence-electron chi connectivity index (χ1n) is 12.7. The van der Waals surface area contributed by atoms with Gasteiger partial charge in [-0.25, -0.2) is 0 Å². The number of ketones is 1. The van der Waals surface area contributed by atoms with Crippen molar-refractivity contribution in [2.45, 2.75) is 39.0 Å². The molecule has 1 aliphatic rings. The first-order valence-corrected chi connectivity index (χ1v) is 12.7. The van der Waals surface area contributed by atoms with Gasteiger partial charge in [0.05, 0.1) is 24.3 Å². The fraction of sp³-hybridized carbons (Fsp3) is 0.290. The molecule has 8 heteroatoms. The molecule has 5 nitrogen and oxygen atoms in total. The van der Waals surface area contributed by atoms with Crippen LogP contribution in [0.1, 0.15) is 48.2 Å². The van der Waals surface area contributed by atoms with E-state index in [1.807, 2.05) is 0 Å². The molecule has 0 atom stereocenters. The largest absolute Gasteiger partial charge is 0.489 e. The van der Waals surface area contributed by atoms with Crippen LogP contribution in [0.4, 0.5) is 13.2 Å². The van der Waals surface area contributed by atoms with E-state index >= 15 is 0 Å². The van der Waals surface area contributed by atoms with E-state index in [0.717, 1.165) is 18.9 Å². The fourth-order valence-electron chi connectivity index (χ4n) is 4.76. The molecule has 0 N–H and O–H groups in total. The van der Waals surface area contributed by atoms with Gasteiger partial charge >= 0.3 is 6.18 Å². The highest BCUT2D eigenvalue weighted by atomic mass is 19.4. The van der Waals surface area contributed by atoms with Crippen molar-refractivity contribution in [2.75, 3.05) is 13.2 Å². The van der Waals surface area contributed by atoms with Gasteiger partial charge in [-0.2, -0.15) is 18.4 Å². The highest BCUT2D eigenvalue weighted by Crippen LogP contribution is 2.42. The lowest BCUT2D eigenvalue weighted by molar-refractivity contribution is -0.137. The maximum Gasteiger partial charge on any atom is 0.417 e. The van der Waals surface area contributed by atoms with Crippen LogP contribution in [0.15, 0.2) is 65.1 Å². The quantitative estimate of drug-likeness (QED) is 0.235. The molecule has 0 aliphatic carbocycles. The number of hydrogen-bond acceptors (Lipinski definition) is 5. The van der Waals surface area contributed by atoms with E-state index in [9.17, 15) is 23.2 Å². The van der Waals surface area contributed by atoms with Gasteiger partial charge in [0.1, 0.15) is 29.3 Å². The topological polar surface area (TPSA) is 72.5 Å². The molecule has 0 spiro atoms. The fourth-order valence-corrected chi connectivity index (χ4v) is 4.76. The number of fused-ring (bicyclic) bond motifs is 1. The average Bonchev–Trinajstić information content (AvgIpc) is 3.37. The van der Waals surface area contributed by atoms with E-state index in [-0.39, 0.29) is 28.8 Å². The maximum absolute atomic E-state index is 14.1. The van der Waals surface area contributed by atoms with Crippen LogP contribution in [0.5, 0.6) is 5.75 Å². The third-order valence-corrected chi connectivity index (χ3v) is 6.82. The molecule has 39 heavy (non-hydrogen) atoms. The van der Waals surface area contributed by atoms with Gasteiger partial charge in [-0.1, -0.05) is 44.2 Å². The van der Waals surface area contributed by atoms with Crippen LogP contribution in [-0.4, -0.2) is 25.1 Å². The Labute approximate surface area is 223 Å². The Morgan fingerprint density at radius 1 is 1.03 bits per heavy atom. The number of nitriles is 1. The first-order chi connectivity index (χ1) is 18.7. The summed E-state index contributed by atoms with van der Waals surface area (Å²) in [5.41, 5.74) is 0.973. The minimum absolute atomic E-state index is 0.00460. The van der Waals surface area contributed by atoms with Crippen molar-refractivity contribution in [1.82, 2.24) is 0 Å². The molecule has 4 aromatic rings. The molecular weight excluding hydrogens is 507 g/mol. The van der Waals surface area contributed by atoms with E-state index in [4.69, 9.17) is 13.9 Å². The number of ether oxygens (including phenoxy) is 2. The number of para-hydroxylation sites is 1. The number of halogens is 3. The van der Waals surface area contributed by atoms with Crippen LogP contribution in [0.3, 0.4) is 0 Å². The van der Waals surface area contributed by atoms with E-state index in [2.05, 4.69) is 6.07 Å². The molecule has 1 aromatic heterocycles. The Kier molecular flexibility index (Phi) is 7.19. The third-order valence-electron chi connectivity index (χ3n) is 6.82. The number of rotatable bonds is 6. The average molecular weight is 534 g/mol. The highest BCUT2D eigenvalue weighted by Gasteiger charge is 2.35. The molecule has 0 radical (unpaired) electrons. The summed E-state index contributed by atoms with van der Waals surface area (Å²) in [5, 5.41) is 10.4. The number of benzene rings is 3. The molecule has 2 heterocycles. The van der Waals surface area contributed by atoms with Crippen LogP contribution in [-0.2, 0) is 10.9 Å². The van der Waals surface area contributed by atoms with Crippen LogP contribution in [0.2, 0.25) is 0 Å². The summed E-state index contributed by atoms with van der Waals surface area (Å²) >= 11 is 0. The number of Topliss-reactive ketones (excluding diaryl/α,β-unsaturated/α-hetero) is 1. The number of furan rings is 1. The highest BCUT2D eigenvalue weighted by molar-refractivity contribution is 5.99. The van der Waals surface area contributed by atoms with Gasteiger partial charge in [-0.3, -0.25) is 4.79 Å². The Bertz CT molecular complexity index is 1570. The first kappa shape index (κ1) is 26.5. The van der Waals surface area contributed by atoms with E-state index in [1.54, 1.807) is 56.3 Å². The summed E-state index contributed by atoms with van der Waals surface area (Å²) in [6, 6.07) is 17.9. The lowest BCUT2D eigenvalue weighted by Crippen LogP contribution is -2.26. The molecule has 5 rings (SSSR count). The smallest absolute Gasteiger partial charge is 0.417 e. The minimum Gasteiger partial charge on any atom is -0.489 e. The number of carbonyl (C=O) groups is 1. The predicted octanol–water partition coefficient (Wildman–Crippen LogP) is 8.05. The monoisotopic (exact) mass is 533 g/mol. The SMILES string of the molecule is CC(C)C(=O)c1ccc(-c2cc3cccc(-c4ccc(OC5CCOCC5)c(C#N)c4)c3o2)c(C(F)(F)F)c1. The zero-order valence-electron chi connectivity index (χ0n) is 21.5. The lowest BCUT2D eigenvalue weighted by atomic mass is 9.95. The number of carbonyl (C=O) groups excluding carboxylic acids is 1. The number of nitrogens with zero attached hydrogens (tertiary/aromatic N) is 1. The van der Waals surface area contributed by atoms with Gasteiger partial charge in [0, 0.05) is 40.8 Å². The second-order valence-electron chi connectivity index (χ2n) is 9.86. The van der Waals surface area contributed by atoms with Crippen molar-refractivity contribution in [2.24, 2.45) is 5.92 Å². The van der Waals surface area contributed by atoms with Gasteiger partial charge in [0.15, 0.2) is 5.78 Å². The maximum atomic E-state index is 14.1. The molecule has 3 aromatic carbocycles. The van der Waals surface area contributed by atoms with Gasteiger partial charge in [-0.05, 0) is 35.9 Å². The zero-order valence-corrected chi connectivity index (χ0v) is 21.5. The van der Waals surface area contributed by atoms with Crippen LogP contribution < -0.4 is 4.74 Å². The predicted molar refractivity (Wildman–Crippen MR) is 140 cm³/mol. The van der Waals surface area contributed by atoms with Crippen molar-refractivity contribution in [1.29, 1.82) is 5.26 Å². The summed E-state index contributed by atoms with van der Waals surface area (Å²) in [6.45, 7) is 4.51. The van der Waals surface area contributed by atoms with Crippen molar-refractivity contribution in [3.05, 3.63) is 77.4 Å². The van der Waals surface area contributed by atoms with E-state index < -0.39 is 17.7 Å². The summed E-state index contributed by atoms with van der Waals surface area (Å²) in [6.07, 6.45) is -3.23. The van der Waals surface area contributed by atoms with Gasteiger partial charge in [0.25, 0.3) is 0 Å². The molecule has 0 amide bonds. The van der Waals surface area contributed by atoms with Gasteiger partial charge < -0.3 is 13.9 Å². The van der Waals surface area contributed by atoms with E-state index in [0.29, 0.717) is 46.6 Å². The summed E-state index contributed by atoms with van der Waals surface area (Å²) in [5.74, 6) is -0.284. The van der Waals surface area contributed by atoms with Crippen molar-refractivity contribution >= 4 is 16.8 Å². The standard InChI is InChI=1S/C31H26F3NO4/c1-18(2)29(36)20-6-8-25(26(15-20)31(32,33)34)28-16-21-4-3-5-24(30(21)39-28)19-7-9-27(22(14-19)17-35)38-23-10-12-37-13-11-23/h3-9,14-16,18,23H,10-13H2,1-2H3. The third kappa shape index (κ3) is 5.41. The summed E-state index contributed by atoms with van der Waals surface area (Å²) in [7, 11) is 0. The van der Waals surface area contributed by atoms with Crippen LogP contribution in [0.25, 0.3) is 33.4 Å². The zero-order chi connectivity index (χ0) is 27.7. The van der Waals surface area contributed by atoms with Crippen molar-refractivity contribution in [3.63, 3.8) is 0 Å². The molecule has 0 saturated carbocycles.